The normalized spacial score (nSPS) is 14.9. The molecule has 1 saturated heterocycles. The molecule has 1 fully saturated rings. The van der Waals surface area contributed by atoms with Crippen molar-refractivity contribution in [1.82, 2.24) is 20.1 Å². The van der Waals surface area contributed by atoms with Gasteiger partial charge in [-0.05, 0) is 74.1 Å². The maximum Gasteiger partial charge on any atom is 0.318 e. The van der Waals surface area contributed by atoms with Gasteiger partial charge in [0.05, 0.1) is 12.8 Å². The number of benzene rings is 3. The van der Waals surface area contributed by atoms with Crippen LogP contribution >= 0.6 is 0 Å². The lowest BCUT2D eigenvalue weighted by atomic mass is 9.92. The van der Waals surface area contributed by atoms with E-state index in [4.69, 9.17) is 4.74 Å². The van der Waals surface area contributed by atoms with E-state index in [0.29, 0.717) is 29.2 Å². The summed E-state index contributed by atoms with van der Waals surface area (Å²) >= 11 is 0. The molecule has 0 aliphatic carbocycles. The van der Waals surface area contributed by atoms with Crippen molar-refractivity contribution in [2.24, 2.45) is 0 Å². The summed E-state index contributed by atoms with van der Waals surface area (Å²) in [5.74, 6) is -1.04. The van der Waals surface area contributed by atoms with E-state index in [2.05, 4.69) is 15.6 Å². The fourth-order valence-corrected chi connectivity index (χ4v) is 5.84. The van der Waals surface area contributed by atoms with Gasteiger partial charge in [0.1, 0.15) is 24.2 Å². The molecule has 1 aliphatic rings. The van der Waals surface area contributed by atoms with Crippen LogP contribution in [0.25, 0.3) is 10.9 Å². The van der Waals surface area contributed by atoms with Crippen molar-refractivity contribution in [1.29, 1.82) is 0 Å². The van der Waals surface area contributed by atoms with Crippen LogP contribution < -0.4 is 20.3 Å². The smallest absolute Gasteiger partial charge is 0.318 e. The molecule has 2 heterocycles. The van der Waals surface area contributed by atoms with E-state index in [1.165, 1.54) is 24.1 Å². The first-order valence-electron chi connectivity index (χ1n) is 14.9. The molecule has 0 spiro atoms. The third-order valence-corrected chi connectivity index (χ3v) is 8.15. The number of nitrogens with one attached hydrogen (secondary N) is 3. The van der Waals surface area contributed by atoms with Crippen molar-refractivity contribution in [3.8, 4) is 5.75 Å². The summed E-state index contributed by atoms with van der Waals surface area (Å²) in [7, 11) is 5.46. The summed E-state index contributed by atoms with van der Waals surface area (Å²) in [4.78, 5) is 49.1. The fourth-order valence-electron chi connectivity index (χ4n) is 5.84. The van der Waals surface area contributed by atoms with Gasteiger partial charge in [0.15, 0.2) is 0 Å². The van der Waals surface area contributed by atoms with Gasteiger partial charge >= 0.3 is 6.03 Å². The number of aromatic nitrogens is 1. The zero-order valence-corrected chi connectivity index (χ0v) is 26.2. The number of piperazine rings is 1. The Labute approximate surface area is 262 Å². The van der Waals surface area contributed by atoms with Gasteiger partial charge in [-0.1, -0.05) is 31.2 Å². The second-order valence-electron chi connectivity index (χ2n) is 11.7. The lowest BCUT2D eigenvalue weighted by molar-refractivity contribution is -0.120. The molecule has 11 heteroatoms. The van der Waals surface area contributed by atoms with Crippen LogP contribution in [-0.4, -0.2) is 79.5 Å². The second kappa shape index (κ2) is 13.4. The average molecular weight is 615 g/mol. The number of carbonyl (C=O) groups excluding carboxylic acids is 3. The number of anilines is 2. The highest BCUT2D eigenvalue weighted by molar-refractivity contribution is 6.01. The zero-order chi connectivity index (χ0) is 32.2. The highest BCUT2D eigenvalue weighted by atomic mass is 19.1. The molecule has 5 rings (SSSR count). The quantitative estimate of drug-likeness (QED) is 0.250. The number of methoxy groups -OCH3 is 1. The molecule has 3 aromatic carbocycles. The first-order chi connectivity index (χ1) is 21.5. The van der Waals surface area contributed by atoms with Gasteiger partial charge in [-0.2, -0.15) is 0 Å². The highest BCUT2D eigenvalue weighted by Crippen LogP contribution is 2.31. The van der Waals surface area contributed by atoms with E-state index in [-0.39, 0.29) is 31.4 Å². The van der Waals surface area contributed by atoms with Gasteiger partial charge in [-0.15, -0.1) is 0 Å². The largest absolute Gasteiger partial charge is 0.495 e. The highest BCUT2D eigenvalue weighted by Gasteiger charge is 2.34. The summed E-state index contributed by atoms with van der Waals surface area (Å²) in [6.45, 7) is 4.59. The average Bonchev–Trinajstić information content (AvgIpc) is 3.44. The number of aromatic amines is 1. The third kappa shape index (κ3) is 6.93. The number of H-pyrrole nitrogens is 1. The number of rotatable bonds is 9. The third-order valence-electron chi connectivity index (χ3n) is 8.15. The molecule has 4 aromatic rings. The molecule has 10 nitrogen and oxygen atoms in total. The lowest BCUT2D eigenvalue weighted by Crippen LogP contribution is -2.58. The number of urea groups is 1. The number of nitrogens with zero attached hydrogens (tertiary/aromatic N) is 3. The van der Waals surface area contributed by atoms with Crippen molar-refractivity contribution in [2.75, 3.05) is 51.1 Å². The molecule has 0 radical (unpaired) electrons. The number of amides is 4. The topological polar surface area (TPSA) is 110 Å². The van der Waals surface area contributed by atoms with E-state index >= 15 is 0 Å². The molecule has 0 bridgehead atoms. The van der Waals surface area contributed by atoms with Crippen LogP contribution in [0, 0.1) is 12.7 Å². The van der Waals surface area contributed by atoms with Crippen LogP contribution in [0.1, 0.15) is 29.5 Å². The van der Waals surface area contributed by atoms with Gasteiger partial charge in [-0.25, -0.2) is 9.18 Å². The van der Waals surface area contributed by atoms with Crippen molar-refractivity contribution in [3.05, 3.63) is 89.4 Å². The van der Waals surface area contributed by atoms with Gasteiger partial charge in [0, 0.05) is 48.3 Å². The van der Waals surface area contributed by atoms with Crippen molar-refractivity contribution in [3.63, 3.8) is 0 Å². The van der Waals surface area contributed by atoms with Crippen molar-refractivity contribution < 1.29 is 23.5 Å². The molecule has 1 aliphatic heterocycles. The summed E-state index contributed by atoms with van der Waals surface area (Å²) < 4.78 is 19.2. The molecular formula is C34H39FN6O4. The Balaban J connectivity index is 1.39. The predicted octanol–water partition coefficient (Wildman–Crippen LogP) is 4.85. The van der Waals surface area contributed by atoms with Crippen LogP contribution in [0.15, 0.2) is 66.9 Å². The van der Waals surface area contributed by atoms with Gasteiger partial charge in [-0.3, -0.25) is 9.59 Å². The van der Waals surface area contributed by atoms with Crippen LogP contribution in [-0.2, 0) is 16.1 Å². The summed E-state index contributed by atoms with van der Waals surface area (Å²) in [5, 5.41) is 6.87. The molecule has 4 amide bonds. The number of fused-ring (bicyclic) bond motifs is 1. The first kappa shape index (κ1) is 31.5. The maximum atomic E-state index is 14.0. The minimum absolute atomic E-state index is 0.182. The van der Waals surface area contributed by atoms with E-state index in [9.17, 15) is 18.8 Å². The van der Waals surface area contributed by atoms with E-state index in [1.54, 1.807) is 24.0 Å². The minimum atomic E-state index is -0.994. The first-order valence-corrected chi connectivity index (χ1v) is 14.9. The van der Waals surface area contributed by atoms with Crippen molar-refractivity contribution >= 4 is 40.1 Å². The Morgan fingerprint density at radius 2 is 1.87 bits per heavy atom. The Morgan fingerprint density at radius 3 is 2.58 bits per heavy atom. The molecule has 45 heavy (non-hydrogen) atoms. The molecular weight excluding hydrogens is 575 g/mol. The van der Waals surface area contributed by atoms with Crippen molar-refractivity contribution in [2.45, 2.75) is 32.4 Å². The number of halogens is 1. The second-order valence-corrected chi connectivity index (χ2v) is 11.7. The maximum absolute atomic E-state index is 14.0. The Kier molecular flexibility index (Phi) is 9.38. The number of para-hydroxylation sites is 1. The van der Waals surface area contributed by atoms with Crippen LogP contribution in [0.4, 0.5) is 20.6 Å². The summed E-state index contributed by atoms with van der Waals surface area (Å²) in [5.41, 5.74) is 4.50. The Morgan fingerprint density at radius 1 is 1.09 bits per heavy atom. The van der Waals surface area contributed by atoms with Crippen LogP contribution in [0.5, 0.6) is 5.75 Å². The number of ether oxygens (including phenoxy) is 1. The number of carbonyl (C=O) groups is 3. The van der Waals surface area contributed by atoms with E-state index < -0.39 is 23.9 Å². The molecule has 1 aromatic heterocycles. The summed E-state index contributed by atoms with van der Waals surface area (Å²) in [6, 6.07) is 16.1. The van der Waals surface area contributed by atoms with E-state index in [0.717, 1.165) is 22.0 Å². The van der Waals surface area contributed by atoms with Gasteiger partial charge < -0.3 is 35.1 Å². The fraction of sp³-hybridized carbons (Fsp3) is 0.324. The minimum Gasteiger partial charge on any atom is -0.495 e. The Bertz CT molecular complexity index is 1720. The molecule has 0 saturated carbocycles. The molecule has 3 N–H and O–H groups in total. The van der Waals surface area contributed by atoms with Crippen LogP contribution in [0.3, 0.4) is 0 Å². The zero-order valence-electron chi connectivity index (χ0n) is 26.2. The Hall–Kier alpha value is -4.90. The number of hydrogen-bond donors (Lipinski definition) is 3. The molecule has 2 atom stereocenters. The SMILES string of the molecule is COc1ccc(CN(C)C)cc1NC(=O)[C@H](NC(=O)N1CCN(c2ccc(F)cc2C)C(=O)C1)[C@@H](C)c1c[nH]c2ccccc12. The van der Waals surface area contributed by atoms with E-state index in [1.807, 2.05) is 68.5 Å². The summed E-state index contributed by atoms with van der Waals surface area (Å²) in [6.07, 6.45) is 1.85. The van der Waals surface area contributed by atoms with Gasteiger partial charge in [0.2, 0.25) is 11.8 Å². The monoisotopic (exact) mass is 614 g/mol. The standard InChI is InChI=1S/C34H39FN6O4/c1-21-16-24(35)11-12-29(21)41-15-14-40(20-31(41)42)34(44)38-32(22(2)26-18-36-27-9-7-6-8-25(26)27)33(43)37-28-17-23(19-39(3)4)10-13-30(28)45-5/h6-13,16-18,22,32,36H,14-15,19-20H2,1-5H3,(H,37,43)(H,38,44)/t22-,32+/m0/s1. The molecule has 236 valence electrons. The molecule has 0 unspecified atom stereocenters. The lowest BCUT2D eigenvalue weighted by Gasteiger charge is -2.36. The van der Waals surface area contributed by atoms with Gasteiger partial charge in [0.25, 0.3) is 0 Å². The number of hydrogen-bond acceptors (Lipinski definition) is 5. The predicted molar refractivity (Wildman–Crippen MR) is 173 cm³/mol. The number of aryl methyl sites for hydroxylation is 1. The van der Waals surface area contributed by atoms with Crippen LogP contribution in [0.2, 0.25) is 0 Å².